The van der Waals surface area contributed by atoms with E-state index in [2.05, 4.69) is 10.3 Å². The second-order valence-electron chi connectivity index (χ2n) is 6.10. The molecule has 0 spiro atoms. The highest BCUT2D eigenvalue weighted by Gasteiger charge is 2.57. The standard InChI is InChI=1S/C16H19ClN4O6/c17-9-3-1-8(2-4-9)7-20-15(25)14-19-5-6-21(14)16(26)12(23)10(22)11(27-16)13(18)24/h1-6,10-13,22-24,26H,7,18H2,(H,20,25)/t10-,11+,12-,13?,16-/m1/s1. The Labute approximate surface area is 158 Å². The number of carbonyl (C=O) groups is 1. The molecule has 2 heterocycles. The number of nitrogens with zero attached hydrogens (tertiary/aromatic N) is 2. The number of aliphatic hydroxyl groups excluding tert-OH is 3. The van der Waals surface area contributed by atoms with Gasteiger partial charge in [0.05, 0.1) is 0 Å². The van der Waals surface area contributed by atoms with Gasteiger partial charge in [0.1, 0.15) is 18.4 Å². The van der Waals surface area contributed by atoms with Gasteiger partial charge in [0.15, 0.2) is 6.10 Å². The first kappa shape index (κ1) is 19.7. The summed E-state index contributed by atoms with van der Waals surface area (Å²) in [4.78, 5) is 16.3. The molecule has 1 aromatic carbocycles. The molecule has 0 saturated carbocycles. The summed E-state index contributed by atoms with van der Waals surface area (Å²) < 4.78 is 6.02. The summed E-state index contributed by atoms with van der Waals surface area (Å²) in [7, 11) is 0. The van der Waals surface area contributed by atoms with Gasteiger partial charge < -0.3 is 36.2 Å². The molecule has 1 aliphatic heterocycles. The van der Waals surface area contributed by atoms with Crippen molar-refractivity contribution in [3.05, 3.63) is 53.1 Å². The van der Waals surface area contributed by atoms with Gasteiger partial charge in [-0.1, -0.05) is 23.7 Å². The molecule has 3 rings (SSSR count). The quantitative estimate of drug-likeness (QED) is 0.330. The number of hydrogen-bond donors (Lipinski definition) is 6. The predicted octanol–water partition coefficient (Wildman–Crippen LogP) is -1.53. The van der Waals surface area contributed by atoms with Crippen LogP contribution in [0.15, 0.2) is 36.7 Å². The average molecular weight is 399 g/mol. The lowest BCUT2D eigenvalue weighted by atomic mass is 10.1. The first-order chi connectivity index (χ1) is 12.7. The largest absolute Gasteiger partial charge is 0.387 e. The minimum Gasteiger partial charge on any atom is -0.387 e. The number of amides is 1. The van der Waals surface area contributed by atoms with E-state index in [4.69, 9.17) is 22.1 Å². The Balaban J connectivity index is 1.79. The Hall–Kier alpha value is -2.05. The van der Waals surface area contributed by atoms with Crippen molar-refractivity contribution in [2.75, 3.05) is 0 Å². The van der Waals surface area contributed by atoms with E-state index in [0.717, 1.165) is 10.1 Å². The lowest BCUT2D eigenvalue weighted by Crippen LogP contribution is -2.47. The predicted molar refractivity (Wildman–Crippen MR) is 92.1 cm³/mol. The Kier molecular flexibility index (Phi) is 5.49. The number of nitrogens with two attached hydrogens (primary N) is 1. The minimum atomic E-state index is -2.53. The van der Waals surface area contributed by atoms with E-state index in [0.29, 0.717) is 5.02 Å². The van der Waals surface area contributed by atoms with Crippen LogP contribution in [0.2, 0.25) is 5.02 Å². The fraction of sp³-hybridized carbons (Fsp3) is 0.375. The Morgan fingerprint density at radius 1 is 1.41 bits per heavy atom. The molecular formula is C16H19ClN4O6. The summed E-state index contributed by atoms with van der Waals surface area (Å²) >= 11 is 5.81. The Morgan fingerprint density at radius 3 is 2.67 bits per heavy atom. The summed E-state index contributed by atoms with van der Waals surface area (Å²) in [6, 6.07) is 6.82. The number of benzene rings is 1. The highest BCUT2D eigenvalue weighted by atomic mass is 35.5. The van der Waals surface area contributed by atoms with Gasteiger partial charge in [0, 0.05) is 24.0 Å². The van der Waals surface area contributed by atoms with Crippen molar-refractivity contribution in [3.8, 4) is 0 Å². The normalized spacial score (nSPS) is 28.9. The summed E-state index contributed by atoms with van der Waals surface area (Å²) in [5, 5.41) is 43.4. The highest BCUT2D eigenvalue weighted by Crippen LogP contribution is 2.34. The van der Waals surface area contributed by atoms with Crippen LogP contribution in [-0.2, 0) is 17.2 Å². The molecule has 0 radical (unpaired) electrons. The van der Waals surface area contributed by atoms with Crippen molar-refractivity contribution < 1.29 is 30.0 Å². The van der Waals surface area contributed by atoms with Gasteiger partial charge in [0.25, 0.3) is 11.8 Å². The number of hydrogen-bond acceptors (Lipinski definition) is 8. The molecular weight excluding hydrogens is 380 g/mol. The van der Waals surface area contributed by atoms with Gasteiger partial charge in [-0.25, -0.2) is 4.98 Å². The molecule has 1 aromatic heterocycles. The van der Waals surface area contributed by atoms with Crippen molar-refractivity contribution in [1.29, 1.82) is 0 Å². The van der Waals surface area contributed by atoms with E-state index >= 15 is 0 Å². The molecule has 2 aromatic rings. The van der Waals surface area contributed by atoms with E-state index in [1.165, 1.54) is 12.4 Å². The maximum atomic E-state index is 12.5. The van der Waals surface area contributed by atoms with Gasteiger partial charge >= 0.3 is 0 Å². The molecule has 7 N–H and O–H groups in total. The molecule has 5 atom stereocenters. The summed E-state index contributed by atoms with van der Waals surface area (Å²) in [5.74, 6) is -3.47. The lowest BCUT2D eigenvalue weighted by Gasteiger charge is -2.28. The van der Waals surface area contributed by atoms with Crippen LogP contribution in [0, 0.1) is 0 Å². The minimum absolute atomic E-state index is 0.164. The van der Waals surface area contributed by atoms with Gasteiger partial charge in [-0.3, -0.25) is 9.36 Å². The van der Waals surface area contributed by atoms with Crippen LogP contribution in [0.25, 0.3) is 0 Å². The van der Waals surface area contributed by atoms with Crippen molar-refractivity contribution in [3.63, 3.8) is 0 Å². The van der Waals surface area contributed by atoms with E-state index in [-0.39, 0.29) is 12.4 Å². The molecule has 1 amide bonds. The number of aliphatic hydroxyl groups is 4. The fourth-order valence-corrected chi connectivity index (χ4v) is 2.93. The van der Waals surface area contributed by atoms with Crippen molar-refractivity contribution in [1.82, 2.24) is 14.9 Å². The van der Waals surface area contributed by atoms with Crippen molar-refractivity contribution in [2.24, 2.45) is 5.73 Å². The summed E-state index contributed by atoms with van der Waals surface area (Å²) in [6.45, 7) is 0.164. The zero-order valence-corrected chi connectivity index (χ0v) is 14.7. The smallest absolute Gasteiger partial charge is 0.287 e. The zero-order valence-electron chi connectivity index (χ0n) is 13.9. The van der Waals surface area contributed by atoms with Gasteiger partial charge in [-0.15, -0.1) is 0 Å². The molecule has 10 nitrogen and oxygen atoms in total. The van der Waals surface area contributed by atoms with E-state index in [9.17, 15) is 25.2 Å². The van der Waals surface area contributed by atoms with Crippen LogP contribution in [0.3, 0.4) is 0 Å². The number of halogens is 1. The van der Waals surface area contributed by atoms with Gasteiger partial charge in [-0.2, -0.15) is 0 Å². The Bertz CT molecular complexity index is 813. The van der Waals surface area contributed by atoms with Crippen LogP contribution in [0.5, 0.6) is 0 Å². The number of imidazole rings is 1. The summed E-state index contributed by atoms with van der Waals surface area (Å²) in [6.07, 6.45) is -4.27. The second-order valence-corrected chi connectivity index (χ2v) is 6.53. The van der Waals surface area contributed by atoms with Gasteiger partial charge in [-0.05, 0) is 17.7 Å². The maximum Gasteiger partial charge on any atom is 0.287 e. The van der Waals surface area contributed by atoms with Crippen LogP contribution in [-0.4, -0.2) is 60.4 Å². The number of aromatic nitrogens is 2. The third kappa shape index (κ3) is 3.69. The number of ether oxygens (including phenoxy) is 1. The van der Waals surface area contributed by atoms with Crippen LogP contribution >= 0.6 is 11.6 Å². The molecule has 0 aliphatic carbocycles. The first-order valence-corrected chi connectivity index (χ1v) is 8.38. The van der Waals surface area contributed by atoms with Crippen LogP contribution < -0.4 is 11.1 Å². The van der Waals surface area contributed by atoms with Gasteiger partial charge in [0.2, 0.25) is 5.82 Å². The van der Waals surface area contributed by atoms with Crippen molar-refractivity contribution in [2.45, 2.75) is 37.0 Å². The fourth-order valence-electron chi connectivity index (χ4n) is 2.81. The molecule has 0 bridgehead atoms. The lowest BCUT2D eigenvalue weighted by molar-refractivity contribution is -0.293. The van der Waals surface area contributed by atoms with E-state index < -0.39 is 36.4 Å². The molecule has 1 fully saturated rings. The maximum absolute atomic E-state index is 12.5. The van der Waals surface area contributed by atoms with Crippen molar-refractivity contribution >= 4 is 17.5 Å². The number of nitrogens with one attached hydrogen (secondary N) is 1. The SMILES string of the molecule is NC(O)[C@H]1O[C@@](O)(n2ccnc2C(=O)NCc2ccc(Cl)cc2)[C@H](O)[C@@H]1O. The topological polar surface area (TPSA) is 163 Å². The van der Waals surface area contributed by atoms with Crippen LogP contribution in [0.4, 0.5) is 0 Å². The average Bonchev–Trinajstić information content (AvgIpc) is 3.21. The zero-order chi connectivity index (χ0) is 19.8. The monoisotopic (exact) mass is 398 g/mol. The third-order valence-corrected chi connectivity index (χ3v) is 4.50. The summed E-state index contributed by atoms with van der Waals surface area (Å²) in [5.41, 5.74) is 6.06. The highest BCUT2D eigenvalue weighted by molar-refractivity contribution is 6.30. The Morgan fingerprint density at radius 2 is 2.07 bits per heavy atom. The van der Waals surface area contributed by atoms with E-state index in [1.54, 1.807) is 24.3 Å². The molecule has 1 saturated heterocycles. The van der Waals surface area contributed by atoms with Crippen LogP contribution in [0.1, 0.15) is 16.2 Å². The molecule has 27 heavy (non-hydrogen) atoms. The first-order valence-electron chi connectivity index (χ1n) is 8.00. The molecule has 1 aliphatic rings. The number of carbonyl (C=O) groups excluding carboxylic acids is 1. The third-order valence-electron chi connectivity index (χ3n) is 4.25. The second kappa shape index (κ2) is 7.52. The molecule has 11 heteroatoms. The number of rotatable bonds is 5. The van der Waals surface area contributed by atoms with E-state index in [1.807, 2.05) is 0 Å². The molecule has 146 valence electrons. The molecule has 1 unspecified atom stereocenters.